The molecule has 1 aliphatic rings. The minimum atomic E-state index is -3.80. The summed E-state index contributed by atoms with van der Waals surface area (Å²) < 4.78 is 42.7. The first kappa shape index (κ1) is 29.3. The summed E-state index contributed by atoms with van der Waals surface area (Å²) in [7, 11) is -3.30. The number of anilines is 1. The molecule has 1 aliphatic heterocycles. The molecule has 0 spiro atoms. The molecule has 0 bridgehead atoms. The zero-order valence-corrected chi connectivity index (χ0v) is 25.0. The smallest absolute Gasteiger partial charge is 0.262 e. The van der Waals surface area contributed by atoms with Crippen LogP contribution in [0.2, 0.25) is 25.7 Å². The summed E-state index contributed by atoms with van der Waals surface area (Å²) in [4.78, 5) is 17.6. The predicted octanol–water partition coefficient (Wildman–Crippen LogP) is 3.54. The fraction of sp³-hybridized carbons (Fsp3) is 0.708. The van der Waals surface area contributed by atoms with Crippen molar-refractivity contribution in [1.82, 2.24) is 23.6 Å². The molecule has 37 heavy (non-hydrogen) atoms. The molecule has 0 aromatic carbocycles. The molecule has 3 rings (SSSR count). The van der Waals surface area contributed by atoms with Crippen molar-refractivity contribution in [2.24, 2.45) is 12.5 Å². The largest absolute Gasteiger partial charge is 0.475 e. The first-order valence-electron chi connectivity index (χ1n) is 12.9. The van der Waals surface area contributed by atoms with Crippen LogP contribution in [0.15, 0.2) is 23.6 Å². The molecular weight excluding hydrogens is 512 g/mol. The molecule has 0 radical (unpaired) electrons. The van der Waals surface area contributed by atoms with Gasteiger partial charge in [-0.25, -0.2) is 18.1 Å². The van der Waals surface area contributed by atoms with Gasteiger partial charge in [-0.15, -0.1) is 5.10 Å². The number of hydrogen-bond donors (Lipinski definition) is 1. The number of nitrogens with zero attached hydrogens (tertiary/aromatic N) is 5. The van der Waals surface area contributed by atoms with Crippen LogP contribution in [-0.4, -0.2) is 71.8 Å². The maximum Gasteiger partial charge on any atom is 0.262 e. The van der Waals surface area contributed by atoms with Crippen LogP contribution in [0.3, 0.4) is 0 Å². The molecule has 13 heteroatoms. The average molecular weight is 555 g/mol. The van der Waals surface area contributed by atoms with Gasteiger partial charge in [0.05, 0.1) is 17.8 Å². The lowest BCUT2D eigenvalue weighted by Gasteiger charge is -2.40. The first-order chi connectivity index (χ1) is 17.3. The average Bonchev–Trinajstić information content (AvgIpc) is 3.41. The highest BCUT2D eigenvalue weighted by Gasteiger charge is 2.45. The second kappa shape index (κ2) is 11.7. The number of hydrogen-bond acceptors (Lipinski definition) is 7. The van der Waals surface area contributed by atoms with Crippen LogP contribution in [0, 0.1) is 5.41 Å². The number of ether oxygens (including phenoxy) is 2. The van der Waals surface area contributed by atoms with Crippen molar-refractivity contribution in [2.75, 3.05) is 25.0 Å². The van der Waals surface area contributed by atoms with Gasteiger partial charge in [0.2, 0.25) is 11.8 Å². The van der Waals surface area contributed by atoms with E-state index >= 15 is 0 Å². The van der Waals surface area contributed by atoms with E-state index in [4.69, 9.17) is 9.47 Å². The number of piperidine rings is 1. The topological polar surface area (TPSA) is 121 Å². The standard InChI is InChI=1S/C24H42N6O5SSi/c1-8-24(10-9-11-29(16-24)36(32,33)21-15-28(4)17-25-21)23(31)26-20-14-22(35-19(2)3)30(27-20)18-34-12-13-37(5,6)7/h14-15,17,19H,8-13,16,18H2,1-7H3,(H,26,27,31). The number of carbonyl (C=O) groups excluding carboxylic acids is 1. The Morgan fingerprint density at radius 2 is 2.03 bits per heavy atom. The molecule has 1 fully saturated rings. The summed E-state index contributed by atoms with van der Waals surface area (Å²) in [6.45, 7) is 13.9. The third-order valence-electron chi connectivity index (χ3n) is 6.54. The highest BCUT2D eigenvalue weighted by molar-refractivity contribution is 7.89. The molecule has 208 valence electrons. The Morgan fingerprint density at radius 3 is 2.62 bits per heavy atom. The van der Waals surface area contributed by atoms with E-state index in [1.54, 1.807) is 22.4 Å². The van der Waals surface area contributed by atoms with Crippen LogP contribution in [0.5, 0.6) is 5.88 Å². The fourth-order valence-corrected chi connectivity index (χ4v) is 6.54. The number of aryl methyl sites for hydroxylation is 1. The molecule has 0 saturated carbocycles. The zero-order valence-electron chi connectivity index (χ0n) is 23.2. The molecule has 1 amide bonds. The molecule has 1 atom stereocenters. The highest BCUT2D eigenvalue weighted by atomic mass is 32.2. The Labute approximate surface area is 221 Å². The number of sulfonamides is 1. The summed E-state index contributed by atoms with van der Waals surface area (Å²) in [6.07, 6.45) is 4.51. The van der Waals surface area contributed by atoms with Crippen LogP contribution in [0.4, 0.5) is 5.82 Å². The second-order valence-electron chi connectivity index (χ2n) is 11.3. The van der Waals surface area contributed by atoms with Crippen molar-refractivity contribution in [3.05, 3.63) is 18.6 Å². The molecular formula is C24H42N6O5SSi. The Bertz CT molecular complexity index is 1170. The van der Waals surface area contributed by atoms with Crippen LogP contribution in [0.1, 0.15) is 40.0 Å². The molecule has 2 aromatic heterocycles. The van der Waals surface area contributed by atoms with Crippen molar-refractivity contribution >= 4 is 29.8 Å². The number of carbonyl (C=O) groups is 1. The predicted molar refractivity (Wildman–Crippen MR) is 145 cm³/mol. The van der Waals surface area contributed by atoms with E-state index in [1.165, 1.54) is 16.8 Å². The Morgan fingerprint density at radius 1 is 1.30 bits per heavy atom. The van der Waals surface area contributed by atoms with Gasteiger partial charge in [0, 0.05) is 47.1 Å². The Balaban J connectivity index is 1.75. The SMILES string of the molecule is CCC1(C(=O)Nc2cc(OC(C)C)n(COCC[Si](C)(C)C)n2)CCCN(S(=O)(=O)c2cn(C)cn2)C1. The van der Waals surface area contributed by atoms with E-state index < -0.39 is 23.5 Å². The van der Waals surface area contributed by atoms with Crippen molar-refractivity contribution in [1.29, 1.82) is 0 Å². The van der Waals surface area contributed by atoms with Crippen LogP contribution < -0.4 is 10.1 Å². The summed E-state index contributed by atoms with van der Waals surface area (Å²) in [5.74, 6) is 0.607. The molecule has 1 saturated heterocycles. The van der Waals surface area contributed by atoms with Gasteiger partial charge in [0.15, 0.2) is 10.8 Å². The number of rotatable bonds is 12. The summed E-state index contributed by atoms with van der Waals surface area (Å²) in [6, 6.07) is 2.73. The molecule has 1 N–H and O–H groups in total. The third kappa shape index (κ3) is 7.42. The minimum absolute atomic E-state index is 0.00865. The summed E-state index contributed by atoms with van der Waals surface area (Å²) in [5, 5.41) is 7.44. The van der Waals surface area contributed by atoms with Crippen molar-refractivity contribution in [3.63, 3.8) is 0 Å². The number of aromatic nitrogens is 4. The summed E-state index contributed by atoms with van der Waals surface area (Å²) >= 11 is 0. The van der Waals surface area contributed by atoms with Crippen LogP contribution >= 0.6 is 0 Å². The van der Waals surface area contributed by atoms with Gasteiger partial charge in [-0.3, -0.25) is 4.79 Å². The lowest BCUT2D eigenvalue weighted by atomic mass is 9.77. The minimum Gasteiger partial charge on any atom is -0.475 e. The quantitative estimate of drug-likeness (QED) is 0.315. The van der Waals surface area contributed by atoms with Gasteiger partial charge >= 0.3 is 0 Å². The van der Waals surface area contributed by atoms with Gasteiger partial charge in [0.25, 0.3) is 10.0 Å². The second-order valence-corrected chi connectivity index (χ2v) is 18.8. The third-order valence-corrected chi connectivity index (χ3v) is 9.97. The number of amides is 1. The van der Waals surface area contributed by atoms with E-state index in [-0.39, 0.29) is 30.3 Å². The normalized spacial score (nSPS) is 19.4. The lowest BCUT2D eigenvalue weighted by Crippen LogP contribution is -2.51. The maximum absolute atomic E-state index is 13.6. The van der Waals surface area contributed by atoms with E-state index in [2.05, 4.69) is 35.0 Å². The van der Waals surface area contributed by atoms with Gasteiger partial charge in [0.1, 0.15) is 6.73 Å². The monoisotopic (exact) mass is 554 g/mol. The van der Waals surface area contributed by atoms with Gasteiger partial charge in [-0.1, -0.05) is 26.6 Å². The van der Waals surface area contributed by atoms with E-state index in [9.17, 15) is 13.2 Å². The van der Waals surface area contributed by atoms with Gasteiger partial charge < -0.3 is 19.4 Å². The molecule has 0 aliphatic carbocycles. The molecule has 1 unspecified atom stereocenters. The van der Waals surface area contributed by atoms with Crippen molar-refractivity contribution < 1.29 is 22.7 Å². The van der Waals surface area contributed by atoms with Crippen molar-refractivity contribution in [3.8, 4) is 5.88 Å². The summed E-state index contributed by atoms with van der Waals surface area (Å²) in [5.41, 5.74) is -0.878. The van der Waals surface area contributed by atoms with E-state index in [1.807, 2.05) is 20.8 Å². The highest BCUT2D eigenvalue weighted by Crippen LogP contribution is 2.37. The fourth-order valence-electron chi connectivity index (χ4n) is 4.25. The number of nitrogens with one attached hydrogen (secondary N) is 1. The molecule has 2 aromatic rings. The van der Waals surface area contributed by atoms with Gasteiger partial charge in [-0.05, 0) is 39.2 Å². The molecule has 11 nitrogen and oxygen atoms in total. The first-order valence-corrected chi connectivity index (χ1v) is 18.0. The van der Waals surface area contributed by atoms with Crippen LogP contribution in [-0.2, 0) is 33.3 Å². The van der Waals surface area contributed by atoms with E-state index in [0.717, 1.165) is 6.04 Å². The Kier molecular flexibility index (Phi) is 9.25. The zero-order chi connectivity index (χ0) is 27.4. The van der Waals surface area contributed by atoms with Crippen LogP contribution in [0.25, 0.3) is 0 Å². The Hall–Kier alpha value is -2.22. The van der Waals surface area contributed by atoms with E-state index in [0.29, 0.717) is 44.1 Å². The van der Waals surface area contributed by atoms with Crippen molar-refractivity contribution in [2.45, 2.75) is 83.6 Å². The van der Waals surface area contributed by atoms with Gasteiger partial charge in [-0.2, -0.15) is 4.31 Å². The lowest BCUT2D eigenvalue weighted by molar-refractivity contribution is -0.128. The number of imidazole rings is 1. The maximum atomic E-state index is 13.6. The molecule has 3 heterocycles.